The van der Waals surface area contributed by atoms with Gasteiger partial charge in [0.25, 0.3) is 5.56 Å². The highest BCUT2D eigenvalue weighted by Gasteiger charge is 2.28. The molecule has 1 aliphatic rings. The third kappa shape index (κ3) is 6.74. The third-order valence-corrected chi connectivity index (χ3v) is 6.44. The predicted molar refractivity (Wildman–Crippen MR) is 137 cm³/mol. The molecule has 7 nitrogen and oxygen atoms in total. The van der Waals surface area contributed by atoms with E-state index in [-0.39, 0.29) is 23.8 Å². The predicted octanol–water partition coefficient (Wildman–Crippen LogP) is 5.53. The minimum absolute atomic E-state index is 0.0858. The summed E-state index contributed by atoms with van der Waals surface area (Å²) in [6, 6.07) is 16.9. The van der Waals surface area contributed by atoms with Crippen molar-refractivity contribution in [2.75, 3.05) is 0 Å². The number of ether oxygens (including phenoxy) is 2. The number of nitrogens with zero attached hydrogens (tertiary/aromatic N) is 1. The molecule has 0 amide bonds. The Morgan fingerprint density at radius 3 is 2.33 bits per heavy atom. The fourth-order valence-corrected chi connectivity index (χ4v) is 4.65. The van der Waals surface area contributed by atoms with E-state index in [1.54, 1.807) is 32.9 Å². The van der Waals surface area contributed by atoms with E-state index in [1.807, 2.05) is 42.5 Å². The third-order valence-electron chi connectivity index (χ3n) is 6.44. The lowest BCUT2D eigenvalue weighted by Gasteiger charge is -2.28. The van der Waals surface area contributed by atoms with Crippen molar-refractivity contribution < 1.29 is 19.4 Å². The van der Waals surface area contributed by atoms with Crippen molar-refractivity contribution in [2.45, 2.75) is 71.0 Å². The standard InChI is InChI=1S/C29H34N2O5/c1-29(2,3)36-28(34)25-26(35-18-20-7-5-4-6-8-20)27(33)31-24(30-25)17-19-9-11-21(12-10-19)22-13-15-23(32)16-14-22/h4-8,13-16,19,21,32H,9-12,17-18H2,1-3H3,(H,30,31,33). The molecule has 4 rings (SSSR count). The number of phenols is 1. The fraction of sp³-hybridized carbons (Fsp3) is 0.414. The summed E-state index contributed by atoms with van der Waals surface area (Å²) >= 11 is 0. The van der Waals surface area contributed by atoms with Crippen LogP contribution in [0.5, 0.6) is 11.5 Å². The van der Waals surface area contributed by atoms with Crippen LogP contribution in [0, 0.1) is 5.92 Å². The van der Waals surface area contributed by atoms with Crippen LogP contribution in [0.3, 0.4) is 0 Å². The summed E-state index contributed by atoms with van der Waals surface area (Å²) in [5.41, 5.74) is 0.823. The van der Waals surface area contributed by atoms with Gasteiger partial charge in [0.2, 0.25) is 5.75 Å². The Morgan fingerprint density at radius 2 is 1.69 bits per heavy atom. The van der Waals surface area contributed by atoms with Crippen molar-refractivity contribution in [3.8, 4) is 11.5 Å². The van der Waals surface area contributed by atoms with E-state index in [9.17, 15) is 14.7 Å². The Labute approximate surface area is 211 Å². The van der Waals surface area contributed by atoms with Gasteiger partial charge in [-0.3, -0.25) is 4.79 Å². The van der Waals surface area contributed by atoms with Gasteiger partial charge in [0, 0.05) is 6.42 Å². The van der Waals surface area contributed by atoms with Gasteiger partial charge in [-0.1, -0.05) is 42.5 Å². The number of hydrogen-bond donors (Lipinski definition) is 2. The first kappa shape index (κ1) is 25.5. The highest BCUT2D eigenvalue weighted by Crippen LogP contribution is 2.37. The molecule has 7 heteroatoms. The second-order valence-electron chi connectivity index (χ2n) is 10.5. The largest absolute Gasteiger partial charge is 0.508 e. The summed E-state index contributed by atoms with van der Waals surface area (Å²) in [5, 5.41) is 9.54. The molecular formula is C29H34N2O5. The Kier molecular flexibility index (Phi) is 7.77. The van der Waals surface area contributed by atoms with Crippen molar-refractivity contribution in [1.82, 2.24) is 9.97 Å². The van der Waals surface area contributed by atoms with Crippen molar-refractivity contribution in [2.24, 2.45) is 5.92 Å². The first-order chi connectivity index (χ1) is 17.2. The maximum absolute atomic E-state index is 13.0. The van der Waals surface area contributed by atoms with Crippen LogP contribution >= 0.6 is 0 Å². The number of H-pyrrole nitrogens is 1. The molecule has 0 unspecified atom stereocenters. The van der Waals surface area contributed by atoms with Gasteiger partial charge < -0.3 is 19.6 Å². The zero-order valence-electron chi connectivity index (χ0n) is 21.1. The molecule has 0 bridgehead atoms. The summed E-state index contributed by atoms with van der Waals surface area (Å²) in [6.45, 7) is 5.46. The topological polar surface area (TPSA) is 102 Å². The molecule has 0 aliphatic heterocycles. The van der Waals surface area contributed by atoms with Crippen molar-refractivity contribution in [3.05, 3.63) is 87.6 Å². The lowest BCUT2D eigenvalue weighted by molar-refractivity contribution is 0.00571. The molecule has 190 valence electrons. The number of rotatable bonds is 7. The first-order valence-electron chi connectivity index (χ1n) is 12.5. The summed E-state index contributed by atoms with van der Waals surface area (Å²) < 4.78 is 11.3. The molecule has 1 saturated carbocycles. The minimum Gasteiger partial charge on any atom is -0.508 e. The Balaban J connectivity index is 1.49. The Hall–Kier alpha value is -3.61. The summed E-state index contributed by atoms with van der Waals surface area (Å²) in [7, 11) is 0. The van der Waals surface area contributed by atoms with Gasteiger partial charge in [0.15, 0.2) is 5.69 Å². The number of hydrogen-bond acceptors (Lipinski definition) is 6. The van der Waals surface area contributed by atoms with Gasteiger partial charge in [0.1, 0.15) is 23.8 Å². The van der Waals surface area contributed by atoms with Crippen LogP contribution in [0.25, 0.3) is 0 Å². The van der Waals surface area contributed by atoms with Crippen LogP contribution in [0.2, 0.25) is 0 Å². The minimum atomic E-state index is -0.731. The smallest absolute Gasteiger partial charge is 0.361 e. The van der Waals surface area contributed by atoms with Crippen molar-refractivity contribution in [3.63, 3.8) is 0 Å². The number of aromatic nitrogens is 2. The quantitative estimate of drug-likeness (QED) is 0.423. The fourth-order valence-electron chi connectivity index (χ4n) is 4.65. The van der Waals surface area contributed by atoms with E-state index < -0.39 is 17.1 Å². The second kappa shape index (κ2) is 11.0. The SMILES string of the molecule is CC(C)(C)OC(=O)c1nc(CC2CCC(c3ccc(O)cc3)CC2)[nH]c(=O)c1OCc1ccccc1. The summed E-state index contributed by atoms with van der Waals surface area (Å²) in [5.74, 6) is 0.770. The van der Waals surface area contributed by atoms with E-state index in [0.717, 1.165) is 31.2 Å². The Morgan fingerprint density at radius 1 is 1.03 bits per heavy atom. The molecule has 2 N–H and O–H groups in total. The average Bonchev–Trinajstić information content (AvgIpc) is 2.84. The summed E-state index contributed by atoms with van der Waals surface area (Å²) in [4.78, 5) is 33.4. The van der Waals surface area contributed by atoms with Crippen LogP contribution in [0.1, 0.15) is 79.8 Å². The molecule has 36 heavy (non-hydrogen) atoms. The number of carbonyl (C=O) groups is 1. The van der Waals surface area contributed by atoms with Crippen molar-refractivity contribution in [1.29, 1.82) is 0 Å². The zero-order chi connectivity index (χ0) is 25.7. The van der Waals surface area contributed by atoms with Crippen LogP contribution in [0.15, 0.2) is 59.4 Å². The molecule has 0 spiro atoms. The molecule has 3 aromatic rings. The molecule has 1 fully saturated rings. The van der Waals surface area contributed by atoms with E-state index in [1.165, 1.54) is 5.56 Å². The van der Waals surface area contributed by atoms with Gasteiger partial charge >= 0.3 is 5.97 Å². The average molecular weight is 491 g/mol. The maximum atomic E-state index is 13.0. The van der Waals surface area contributed by atoms with Crippen LogP contribution < -0.4 is 10.3 Å². The highest BCUT2D eigenvalue weighted by atomic mass is 16.6. The molecule has 2 aromatic carbocycles. The lowest BCUT2D eigenvalue weighted by atomic mass is 9.77. The molecule has 0 atom stereocenters. The maximum Gasteiger partial charge on any atom is 0.361 e. The second-order valence-corrected chi connectivity index (χ2v) is 10.5. The van der Waals surface area contributed by atoms with E-state index in [2.05, 4.69) is 9.97 Å². The monoisotopic (exact) mass is 490 g/mol. The number of phenolic OH excluding ortho intramolecular Hbond substituents is 1. The van der Waals surface area contributed by atoms with E-state index in [0.29, 0.717) is 24.1 Å². The van der Waals surface area contributed by atoms with E-state index >= 15 is 0 Å². The normalized spacial score (nSPS) is 18.0. The number of carbonyl (C=O) groups excluding carboxylic acids is 1. The number of benzene rings is 2. The van der Waals surface area contributed by atoms with E-state index in [4.69, 9.17) is 9.47 Å². The van der Waals surface area contributed by atoms with Gasteiger partial charge in [-0.2, -0.15) is 0 Å². The molecule has 0 saturated heterocycles. The highest BCUT2D eigenvalue weighted by molar-refractivity contribution is 5.90. The van der Waals surface area contributed by atoms with Gasteiger partial charge in [-0.15, -0.1) is 0 Å². The molecule has 1 aliphatic carbocycles. The number of esters is 1. The van der Waals surface area contributed by atoms with Crippen LogP contribution in [-0.4, -0.2) is 26.6 Å². The van der Waals surface area contributed by atoms with Crippen LogP contribution in [-0.2, 0) is 17.8 Å². The Bertz CT molecular complexity index is 1220. The number of nitrogens with one attached hydrogen (secondary N) is 1. The summed E-state index contributed by atoms with van der Waals surface area (Å²) in [6.07, 6.45) is 4.60. The molecule has 1 aromatic heterocycles. The molecule has 1 heterocycles. The van der Waals surface area contributed by atoms with Gasteiger partial charge in [-0.25, -0.2) is 9.78 Å². The van der Waals surface area contributed by atoms with Gasteiger partial charge in [-0.05, 0) is 81.5 Å². The number of aromatic hydroxyl groups is 1. The zero-order valence-corrected chi connectivity index (χ0v) is 21.1. The van der Waals surface area contributed by atoms with Gasteiger partial charge in [0.05, 0.1) is 0 Å². The molecular weight excluding hydrogens is 456 g/mol. The molecule has 0 radical (unpaired) electrons. The van der Waals surface area contributed by atoms with Crippen LogP contribution in [0.4, 0.5) is 0 Å². The lowest BCUT2D eigenvalue weighted by Crippen LogP contribution is -2.28. The van der Waals surface area contributed by atoms with Crippen molar-refractivity contribution >= 4 is 5.97 Å². The number of aromatic amines is 1. The first-order valence-corrected chi connectivity index (χ1v) is 12.5.